The average Bonchev–Trinajstić information content (AvgIpc) is 2.93. The van der Waals surface area contributed by atoms with Gasteiger partial charge in [0.25, 0.3) is 5.91 Å². The van der Waals surface area contributed by atoms with Crippen LogP contribution >= 0.6 is 23.2 Å². The number of hydrogen-bond acceptors (Lipinski definition) is 3. The fourth-order valence-corrected chi connectivity index (χ4v) is 5.14. The van der Waals surface area contributed by atoms with Crippen molar-refractivity contribution in [3.05, 3.63) is 99.5 Å². The van der Waals surface area contributed by atoms with Crippen molar-refractivity contribution in [3.8, 4) is 0 Å². The number of halogens is 2. The topological polar surface area (TPSA) is 43.9 Å². The van der Waals surface area contributed by atoms with Crippen molar-refractivity contribution < 1.29 is 9.59 Å². The van der Waals surface area contributed by atoms with Gasteiger partial charge in [-0.2, -0.15) is 0 Å². The van der Waals surface area contributed by atoms with E-state index in [0.717, 1.165) is 30.8 Å². The first kappa shape index (κ1) is 28.2. The molecule has 0 atom stereocenters. The van der Waals surface area contributed by atoms with Crippen molar-refractivity contribution in [1.82, 2.24) is 9.80 Å². The predicted molar refractivity (Wildman–Crippen MR) is 156 cm³/mol. The van der Waals surface area contributed by atoms with Gasteiger partial charge >= 0.3 is 0 Å². The Morgan fingerprint density at radius 3 is 2.32 bits per heavy atom. The first-order valence-electron chi connectivity index (χ1n) is 13.2. The molecular weight excluding hydrogens is 517 g/mol. The zero-order valence-corrected chi connectivity index (χ0v) is 23.6. The van der Waals surface area contributed by atoms with Crippen LogP contribution in [0.5, 0.6) is 0 Å². The number of rotatable bonds is 5. The maximum atomic E-state index is 13.8. The van der Waals surface area contributed by atoms with Crippen LogP contribution in [0, 0.1) is 5.92 Å². The van der Waals surface area contributed by atoms with Crippen molar-refractivity contribution in [2.75, 3.05) is 31.1 Å². The highest BCUT2D eigenvalue weighted by molar-refractivity contribution is 6.42. The van der Waals surface area contributed by atoms with Crippen LogP contribution in [-0.4, -0.2) is 47.8 Å². The number of nitrogens with zero attached hydrogens (tertiary/aromatic N) is 3. The molecule has 4 rings (SSSR count). The highest BCUT2D eigenvalue weighted by atomic mass is 35.5. The Morgan fingerprint density at radius 2 is 1.58 bits per heavy atom. The third-order valence-corrected chi connectivity index (χ3v) is 7.51. The monoisotopic (exact) mass is 551 g/mol. The smallest absolute Gasteiger partial charge is 0.254 e. The van der Waals surface area contributed by atoms with E-state index in [1.54, 1.807) is 18.2 Å². The zero-order valence-electron chi connectivity index (χ0n) is 22.1. The van der Waals surface area contributed by atoms with Crippen molar-refractivity contribution in [2.24, 2.45) is 5.92 Å². The molecule has 0 saturated carbocycles. The van der Waals surface area contributed by atoms with Crippen LogP contribution < -0.4 is 4.90 Å². The molecule has 0 unspecified atom stereocenters. The summed E-state index contributed by atoms with van der Waals surface area (Å²) in [5.41, 5.74) is 3.55. The summed E-state index contributed by atoms with van der Waals surface area (Å²) in [6, 6.07) is 23.3. The number of carbonyl (C=O) groups is 2. The summed E-state index contributed by atoms with van der Waals surface area (Å²) in [6.45, 7) is 8.00. The zero-order chi connectivity index (χ0) is 27.1. The standard InChI is InChI=1S/C31H35Cl2N3O2/c1-23(2)19-30(37)36-16-8-15-34(21-24-9-4-3-5-10-24)17-18-35(22-26-11-6-7-12-29(26)36)31(38)25-13-14-27(32)28(33)20-25/h3-7,9-14,20,23H,8,15-19,21-22H2,1-2H3. The van der Waals surface area contributed by atoms with E-state index >= 15 is 0 Å². The van der Waals surface area contributed by atoms with Gasteiger partial charge in [-0.3, -0.25) is 14.5 Å². The molecule has 2 amide bonds. The van der Waals surface area contributed by atoms with Gasteiger partial charge in [-0.15, -0.1) is 0 Å². The van der Waals surface area contributed by atoms with Crippen molar-refractivity contribution in [3.63, 3.8) is 0 Å². The minimum Gasteiger partial charge on any atom is -0.333 e. The van der Waals surface area contributed by atoms with E-state index in [1.807, 2.05) is 52.3 Å². The molecule has 1 aliphatic rings. The maximum Gasteiger partial charge on any atom is 0.254 e. The van der Waals surface area contributed by atoms with E-state index in [-0.39, 0.29) is 17.7 Å². The molecule has 7 heteroatoms. The van der Waals surface area contributed by atoms with Gasteiger partial charge in [-0.1, -0.05) is 85.6 Å². The second kappa shape index (κ2) is 13.3. The molecule has 0 saturated heterocycles. The van der Waals surface area contributed by atoms with Crippen molar-refractivity contribution >= 4 is 40.7 Å². The first-order chi connectivity index (χ1) is 18.3. The van der Waals surface area contributed by atoms with Crippen molar-refractivity contribution in [2.45, 2.75) is 39.8 Å². The molecule has 5 nitrogen and oxygen atoms in total. The highest BCUT2D eigenvalue weighted by Crippen LogP contribution is 2.27. The number of anilines is 1. The molecule has 3 aromatic rings. The number of benzene rings is 3. The van der Waals surface area contributed by atoms with Crippen LogP contribution in [0.25, 0.3) is 0 Å². The minimum absolute atomic E-state index is 0.114. The van der Waals surface area contributed by atoms with Gasteiger partial charge in [-0.05, 0) is 47.7 Å². The molecule has 0 radical (unpaired) electrons. The Hall–Kier alpha value is -2.86. The lowest BCUT2D eigenvalue weighted by molar-refractivity contribution is -0.119. The Morgan fingerprint density at radius 1 is 0.842 bits per heavy atom. The van der Waals surface area contributed by atoms with E-state index in [4.69, 9.17) is 23.2 Å². The molecule has 1 heterocycles. The van der Waals surface area contributed by atoms with Gasteiger partial charge in [0.1, 0.15) is 0 Å². The fraction of sp³-hybridized carbons (Fsp3) is 0.355. The molecule has 1 aliphatic heterocycles. The Labute approximate surface area is 235 Å². The van der Waals surface area contributed by atoms with Crippen LogP contribution in [-0.2, 0) is 17.9 Å². The summed E-state index contributed by atoms with van der Waals surface area (Å²) < 4.78 is 0. The second-order valence-corrected chi connectivity index (χ2v) is 11.1. The van der Waals surface area contributed by atoms with E-state index in [2.05, 4.69) is 30.9 Å². The third-order valence-electron chi connectivity index (χ3n) is 6.77. The Balaban J connectivity index is 1.69. The SMILES string of the molecule is CC(C)CC(=O)N1CCCN(Cc2ccccc2)CCN(C(=O)c2ccc(Cl)c(Cl)c2)Cc2ccccc21. The Bertz CT molecular complexity index is 1250. The van der Waals surface area contributed by atoms with E-state index < -0.39 is 0 Å². The van der Waals surface area contributed by atoms with E-state index in [0.29, 0.717) is 48.2 Å². The molecule has 200 valence electrons. The summed E-state index contributed by atoms with van der Waals surface area (Å²) in [6.07, 6.45) is 1.32. The highest BCUT2D eigenvalue weighted by Gasteiger charge is 2.25. The van der Waals surface area contributed by atoms with Gasteiger partial charge in [0, 0.05) is 56.9 Å². The summed E-state index contributed by atoms with van der Waals surface area (Å²) in [7, 11) is 0. The Kier molecular flexibility index (Phi) is 9.84. The van der Waals surface area contributed by atoms with Crippen LogP contribution in [0.3, 0.4) is 0 Å². The quantitative estimate of drug-likeness (QED) is 0.345. The van der Waals surface area contributed by atoms with Gasteiger partial charge in [0.05, 0.1) is 10.0 Å². The number of amides is 2. The minimum atomic E-state index is -0.114. The first-order valence-corrected chi connectivity index (χ1v) is 14.0. The van der Waals surface area contributed by atoms with Gasteiger partial charge in [-0.25, -0.2) is 0 Å². The van der Waals surface area contributed by atoms with Gasteiger partial charge in [0.15, 0.2) is 0 Å². The van der Waals surface area contributed by atoms with Crippen LogP contribution in [0.1, 0.15) is 48.2 Å². The molecule has 0 bridgehead atoms. The third kappa shape index (κ3) is 7.37. The van der Waals surface area contributed by atoms with Crippen LogP contribution in [0.4, 0.5) is 5.69 Å². The summed E-state index contributed by atoms with van der Waals surface area (Å²) >= 11 is 12.4. The lowest BCUT2D eigenvalue weighted by Crippen LogP contribution is -2.38. The lowest BCUT2D eigenvalue weighted by Gasteiger charge is -2.28. The number of carbonyl (C=O) groups excluding carboxylic acids is 2. The molecular formula is C31H35Cl2N3O2. The average molecular weight is 553 g/mol. The summed E-state index contributed by atoms with van der Waals surface area (Å²) in [5, 5.41) is 0.770. The van der Waals surface area contributed by atoms with Crippen LogP contribution in [0.2, 0.25) is 10.0 Å². The molecule has 0 aliphatic carbocycles. The molecule has 3 aromatic carbocycles. The lowest BCUT2D eigenvalue weighted by atomic mass is 10.1. The summed E-state index contributed by atoms with van der Waals surface area (Å²) in [5.74, 6) is 0.260. The molecule has 0 fully saturated rings. The molecule has 38 heavy (non-hydrogen) atoms. The summed E-state index contributed by atoms with van der Waals surface area (Å²) in [4.78, 5) is 33.3. The second-order valence-electron chi connectivity index (χ2n) is 10.2. The van der Waals surface area contributed by atoms with E-state index in [9.17, 15) is 9.59 Å². The van der Waals surface area contributed by atoms with Gasteiger partial charge < -0.3 is 9.80 Å². The molecule has 0 aromatic heterocycles. The van der Waals surface area contributed by atoms with Crippen molar-refractivity contribution in [1.29, 1.82) is 0 Å². The number of para-hydroxylation sites is 1. The van der Waals surface area contributed by atoms with Gasteiger partial charge in [0.2, 0.25) is 5.91 Å². The fourth-order valence-electron chi connectivity index (χ4n) is 4.84. The molecule has 0 N–H and O–H groups in total. The largest absolute Gasteiger partial charge is 0.333 e. The maximum absolute atomic E-state index is 13.8. The van der Waals surface area contributed by atoms with E-state index in [1.165, 1.54) is 5.56 Å². The molecule has 0 spiro atoms. The van der Waals surface area contributed by atoms with Crippen LogP contribution in [0.15, 0.2) is 72.8 Å². The number of hydrogen-bond donors (Lipinski definition) is 0. The predicted octanol–water partition coefficient (Wildman–Crippen LogP) is 6.92. The normalized spacial score (nSPS) is 15.2. The number of fused-ring (bicyclic) bond motifs is 1.